The number of furan rings is 1. The van der Waals surface area contributed by atoms with Crippen molar-refractivity contribution in [1.29, 1.82) is 5.26 Å². The summed E-state index contributed by atoms with van der Waals surface area (Å²) >= 11 is 0. The molecule has 0 N–H and O–H groups in total. The van der Waals surface area contributed by atoms with E-state index in [0.717, 1.165) is 22.2 Å². The maximum absolute atomic E-state index is 12.4. The van der Waals surface area contributed by atoms with Crippen LogP contribution in [0.3, 0.4) is 0 Å². The molecule has 148 valence electrons. The van der Waals surface area contributed by atoms with Gasteiger partial charge in [-0.3, -0.25) is 4.79 Å². The Labute approximate surface area is 174 Å². The molecule has 6 nitrogen and oxygen atoms in total. The van der Waals surface area contributed by atoms with E-state index in [-0.39, 0.29) is 5.91 Å². The summed E-state index contributed by atoms with van der Waals surface area (Å²) in [6.07, 6.45) is 5.40. The third kappa shape index (κ3) is 4.01. The van der Waals surface area contributed by atoms with Gasteiger partial charge in [-0.2, -0.15) is 10.4 Å². The standard InChI is InChI=1S/C24H20N4O2/c1-27(15-7-14-25)23(29)13-12-19-17-28(20-9-3-2-4-10-20)26-24(19)22-16-18-8-5-6-11-21(18)30-22/h2-6,8-13,16-17H,7,15H2,1H3/b13-12+. The number of carbonyl (C=O) groups is 1. The summed E-state index contributed by atoms with van der Waals surface area (Å²) in [5.74, 6) is 0.462. The second-order valence-electron chi connectivity index (χ2n) is 6.86. The number of fused-ring (bicyclic) bond motifs is 1. The largest absolute Gasteiger partial charge is 0.454 e. The van der Waals surface area contributed by atoms with E-state index in [1.54, 1.807) is 17.8 Å². The Bertz CT molecular complexity index is 1210. The normalized spacial score (nSPS) is 11.1. The summed E-state index contributed by atoms with van der Waals surface area (Å²) in [7, 11) is 1.68. The Kier molecular flexibility index (Phi) is 5.44. The van der Waals surface area contributed by atoms with Crippen LogP contribution in [0.15, 0.2) is 77.4 Å². The zero-order valence-corrected chi connectivity index (χ0v) is 16.5. The number of hydrogen-bond donors (Lipinski definition) is 0. The van der Waals surface area contributed by atoms with Crippen LogP contribution in [0, 0.1) is 11.3 Å². The van der Waals surface area contributed by atoms with Crippen LogP contribution in [0.5, 0.6) is 0 Å². The fraction of sp³-hybridized carbons (Fsp3) is 0.125. The number of benzene rings is 2. The van der Waals surface area contributed by atoms with Crippen LogP contribution in [0.1, 0.15) is 12.0 Å². The van der Waals surface area contributed by atoms with Gasteiger partial charge in [-0.05, 0) is 30.3 Å². The van der Waals surface area contributed by atoms with Crippen LogP contribution in [0.2, 0.25) is 0 Å². The molecule has 0 radical (unpaired) electrons. The minimum atomic E-state index is -0.173. The van der Waals surface area contributed by atoms with Crippen LogP contribution in [0.4, 0.5) is 0 Å². The molecule has 0 saturated heterocycles. The molecule has 0 saturated carbocycles. The molecule has 6 heteroatoms. The van der Waals surface area contributed by atoms with Crippen molar-refractivity contribution in [2.45, 2.75) is 6.42 Å². The fourth-order valence-corrected chi connectivity index (χ4v) is 3.13. The molecule has 0 fully saturated rings. The molecule has 2 aromatic heterocycles. The lowest BCUT2D eigenvalue weighted by Gasteiger charge is -2.12. The third-order valence-electron chi connectivity index (χ3n) is 4.76. The van der Waals surface area contributed by atoms with Crippen molar-refractivity contribution in [3.63, 3.8) is 0 Å². The predicted molar refractivity (Wildman–Crippen MR) is 116 cm³/mol. The SMILES string of the molecule is CN(CCC#N)C(=O)/C=C/c1cn(-c2ccccc2)nc1-c1cc2ccccc2o1. The first kappa shape index (κ1) is 19.2. The topological polar surface area (TPSA) is 75.1 Å². The molecule has 0 spiro atoms. The molecule has 0 aliphatic carbocycles. The fourth-order valence-electron chi connectivity index (χ4n) is 3.13. The Hall–Kier alpha value is -4.11. The van der Waals surface area contributed by atoms with Gasteiger partial charge in [-0.1, -0.05) is 36.4 Å². The molecule has 0 unspecified atom stereocenters. The van der Waals surface area contributed by atoms with Crippen LogP contribution in [0.25, 0.3) is 34.2 Å². The molecule has 4 rings (SSSR count). The highest BCUT2D eigenvalue weighted by Gasteiger charge is 2.15. The van der Waals surface area contributed by atoms with Crippen molar-refractivity contribution < 1.29 is 9.21 Å². The molecule has 2 aromatic carbocycles. The molecule has 1 amide bonds. The van der Waals surface area contributed by atoms with Crippen molar-refractivity contribution in [2.75, 3.05) is 13.6 Å². The van der Waals surface area contributed by atoms with E-state index in [2.05, 4.69) is 0 Å². The Morgan fingerprint density at radius 1 is 1.20 bits per heavy atom. The van der Waals surface area contributed by atoms with Gasteiger partial charge in [-0.25, -0.2) is 4.68 Å². The van der Waals surface area contributed by atoms with Gasteiger partial charge < -0.3 is 9.32 Å². The maximum Gasteiger partial charge on any atom is 0.246 e. The second kappa shape index (κ2) is 8.50. The minimum Gasteiger partial charge on any atom is -0.454 e. The number of aromatic nitrogens is 2. The zero-order chi connectivity index (χ0) is 20.9. The van der Waals surface area contributed by atoms with Crippen molar-refractivity contribution in [3.8, 4) is 23.2 Å². The van der Waals surface area contributed by atoms with Crippen molar-refractivity contribution in [1.82, 2.24) is 14.7 Å². The molecule has 0 atom stereocenters. The average Bonchev–Trinajstić information content (AvgIpc) is 3.40. The smallest absolute Gasteiger partial charge is 0.246 e. The van der Waals surface area contributed by atoms with Gasteiger partial charge in [0.15, 0.2) is 5.76 Å². The summed E-state index contributed by atoms with van der Waals surface area (Å²) in [4.78, 5) is 13.9. The first-order chi connectivity index (χ1) is 14.7. The second-order valence-corrected chi connectivity index (χ2v) is 6.86. The molecule has 4 aromatic rings. The lowest BCUT2D eigenvalue weighted by Crippen LogP contribution is -2.25. The van der Waals surface area contributed by atoms with E-state index < -0.39 is 0 Å². The predicted octanol–water partition coefficient (Wildman–Crippen LogP) is 4.67. The molecular formula is C24H20N4O2. The maximum atomic E-state index is 12.4. The number of para-hydroxylation sites is 2. The number of nitriles is 1. The van der Waals surface area contributed by atoms with Crippen LogP contribution < -0.4 is 0 Å². The van der Waals surface area contributed by atoms with Gasteiger partial charge in [0.1, 0.15) is 11.3 Å². The summed E-state index contributed by atoms with van der Waals surface area (Å²) in [6, 6.07) is 21.5. The summed E-state index contributed by atoms with van der Waals surface area (Å²) in [5.41, 5.74) is 3.11. The first-order valence-corrected chi connectivity index (χ1v) is 9.60. The summed E-state index contributed by atoms with van der Waals surface area (Å²) in [5, 5.41) is 14.4. The van der Waals surface area contributed by atoms with Crippen molar-refractivity contribution in [2.24, 2.45) is 0 Å². The van der Waals surface area contributed by atoms with E-state index in [1.165, 1.54) is 11.0 Å². The van der Waals surface area contributed by atoms with Gasteiger partial charge in [0.05, 0.1) is 18.2 Å². The van der Waals surface area contributed by atoms with Crippen molar-refractivity contribution >= 4 is 23.0 Å². The molecular weight excluding hydrogens is 376 g/mol. The third-order valence-corrected chi connectivity index (χ3v) is 4.76. The van der Waals surface area contributed by atoms with Gasteiger partial charge in [-0.15, -0.1) is 0 Å². The van der Waals surface area contributed by atoms with Crippen molar-refractivity contribution in [3.05, 3.63) is 78.5 Å². The number of likely N-dealkylation sites (N-methyl/N-ethyl adjacent to an activating group) is 1. The lowest BCUT2D eigenvalue weighted by atomic mass is 10.1. The van der Waals surface area contributed by atoms with Crippen LogP contribution in [-0.2, 0) is 4.79 Å². The van der Waals surface area contributed by atoms with Gasteiger partial charge in [0, 0.05) is 36.8 Å². The highest BCUT2D eigenvalue weighted by atomic mass is 16.3. The zero-order valence-electron chi connectivity index (χ0n) is 16.5. The van der Waals surface area contributed by atoms with E-state index in [4.69, 9.17) is 14.8 Å². The highest BCUT2D eigenvalue weighted by molar-refractivity contribution is 5.93. The van der Waals surface area contributed by atoms with Crippen LogP contribution >= 0.6 is 0 Å². The summed E-state index contributed by atoms with van der Waals surface area (Å²) in [6.45, 7) is 0.388. The van der Waals surface area contributed by atoms with E-state index in [1.807, 2.05) is 72.9 Å². The van der Waals surface area contributed by atoms with E-state index in [0.29, 0.717) is 24.4 Å². The minimum absolute atomic E-state index is 0.173. The van der Waals surface area contributed by atoms with E-state index >= 15 is 0 Å². The quantitative estimate of drug-likeness (QED) is 0.444. The number of amides is 1. The molecule has 0 aliphatic heterocycles. The van der Waals surface area contributed by atoms with Gasteiger partial charge >= 0.3 is 0 Å². The first-order valence-electron chi connectivity index (χ1n) is 9.60. The average molecular weight is 396 g/mol. The molecule has 30 heavy (non-hydrogen) atoms. The Morgan fingerprint density at radius 2 is 1.97 bits per heavy atom. The van der Waals surface area contributed by atoms with Gasteiger partial charge in [0.2, 0.25) is 5.91 Å². The van der Waals surface area contributed by atoms with Gasteiger partial charge in [0.25, 0.3) is 0 Å². The van der Waals surface area contributed by atoms with E-state index in [9.17, 15) is 4.79 Å². The number of nitrogens with zero attached hydrogens (tertiary/aromatic N) is 4. The highest BCUT2D eigenvalue weighted by Crippen LogP contribution is 2.30. The Morgan fingerprint density at radius 3 is 2.73 bits per heavy atom. The summed E-state index contributed by atoms with van der Waals surface area (Å²) < 4.78 is 7.78. The molecule has 0 bridgehead atoms. The lowest BCUT2D eigenvalue weighted by molar-refractivity contribution is -0.124. The Balaban J connectivity index is 1.72. The number of carbonyl (C=O) groups excluding carboxylic acids is 1. The number of rotatable bonds is 6. The van der Waals surface area contributed by atoms with Crippen LogP contribution in [-0.4, -0.2) is 34.2 Å². The molecule has 0 aliphatic rings. The molecule has 2 heterocycles. The number of hydrogen-bond acceptors (Lipinski definition) is 4. The monoisotopic (exact) mass is 396 g/mol.